The van der Waals surface area contributed by atoms with Crippen molar-refractivity contribution in [3.63, 3.8) is 0 Å². The van der Waals surface area contributed by atoms with Gasteiger partial charge in [0.2, 0.25) is 0 Å². The van der Waals surface area contributed by atoms with Crippen molar-refractivity contribution >= 4 is 17.7 Å². The smallest absolute Gasteiger partial charge is 0.160 e. The Labute approximate surface area is 166 Å². The molecule has 4 heteroatoms. The van der Waals surface area contributed by atoms with Gasteiger partial charge in [0.25, 0.3) is 0 Å². The van der Waals surface area contributed by atoms with Crippen LogP contribution in [0.5, 0.6) is 0 Å². The third-order valence-corrected chi connectivity index (χ3v) is 5.61. The van der Waals surface area contributed by atoms with Gasteiger partial charge in [-0.05, 0) is 67.0 Å². The van der Waals surface area contributed by atoms with Crippen LogP contribution in [0.2, 0.25) is 0 Å². The number of carbonyl (C=O) groups is 1. The number of pyridine rings is 1. The average Bonchev–Trinajstić information content (AvgIpc) is 2.76. The topological polar surface area (TPSA) is 59.2 Å². The lowest BCUT2D eigenvalue weighted by Gasteiger charge is -2.41. The Kier molecular flexibility index (Phi) is 5.22. The molecule has 0 bridgehead atoms. The summed E-state index contributed by atoms with van der Waals surface area (Å²) in [6.45, 7) is 0. The maximum atomic E-state index is 12.4. The Morgan fingerprint density at radius 3 is 2.54 bits per heavy atom. The molecule has 2 atom stereocenters. The van der Waals surface area contributed by atoms with E-state index in [0.717, 1.165) is 36.9 Å². The fourth-order valence-electron chi connectivity index (χ4n) is 4.35. The Morgan fingerprint density at radius 1 is 1.04 bits per heavy atom. The van der Waals surface area contributed by atoms with Gasteiger partial charge in [-0.1, -0.05) is 42.5 Å². The van der Waals surface area contributed by atoms with Gasteiger partial charge in [0.15, 0.2) is 11.9 Å². The van der Waals surface area contributed by atoms with Crippen LogP contribution in [-0.4, -0.2) is 16.9 Å². The van der Waals surface area contributed by atoms with Crippen LogP contribution in [0.15, 0.2) is 79.1 Å². The van der Waals surface area contributed by atoms with Crippen molar-refractivity contribution in [3.8, 4) is 0 Å². The van der Waals surface area contributed by atoms with Crippen molar-refractivity contribution in [2.24, 2.45) is 5.73 Å². The quantitative estimate of drug-likeness (QED) is 0.509. The van der Waals surface area contributed by atoms with Crippen LogP contribution < -0.4 is 10.6 Å². The molecule has 0 amide bonds. The molecule has 2 N–H and O–H groups in total. The maximum absolute atomic E-state index is 12.4. The highest BCUT2D eigenvalue weighted by Crippen LogP contribution is 2.40. The van der Waals surface area contributed by atoms with Gasteiger partial charge in [0.1, 0.15) is 0 Å². The van der Waals surface area contributed by atoms with Gasteiger partial charge >= 0.3 is 0 Å². The SMILES string of the molecule is NC(C=O)(CC1CCCc2ccccc21)N(c1ccccc1)c1cccnc1. The molecule has 1 heterocycles. The molecule has 0 aliphatic heterocycles. The Bertz CT molecular complexity index is 889. The van der Waals surface area contributed by atoms with Gasteiger partial charge in [-0.25, -0.2) is 0 Å². The van der Waals surface area contributed by atoms with Crippen LogP contribution in [0.4, 0.5) is 11.4 Å². The van der Waals surface area contributed by atoms with E-state index >= 15 is 0 Å². The maximum Gasteiger partial charge on any atom is 0.160 e. The van der Waals surface area contributed by atoms with E-state index in [4.69, 9.17) is 5.73 Å². The minimum atomic E-state index is -1.17. The first-order chi connectivity index (χ1) is 13.7. The minimum Gasteiger partial charge on any atom is -0.315 e. The highest BCUT2D eigenvalue weighted by Gasteiger charge is 2.38. The van der Waals surface area contributed by atoms with Gasteiger partial charge < -0.3 is 10.6 Å². The third kappa shape index (κ3) is 3.56. The van der Waals surface area contributed by atoms with Crippen LogP contribution >= 0.6 is 0 Å². The van der Waals surface area contributed by atoms with Crippen molar-refractivity contribution in [1.29, 1.82) is 0 Å². The molecule has 4 rings (SSSR count). The summed E-state index contributed by atoms with van der Waals surface area (Å²) in [4.78, 5) is 18.6. The second kappa shape index (κ2) is 7.95. The van der Waals surface area contributed by atoms with Gasteiger partial charge in [0, 0.05) is 11.9 Å². The van der Waals surface area contributed by atoms with E-state index in [-0.39, 0.29) is 5.92 Å². The lowest BCUT2D eigenvalue weighted by Crippen LogP contribution is -2.56. The molecule has 142 valence electrons. The molecule has 4 nitrogen and oxygen atoms in total. The van der Waals surface area contributed by atoms with Crippen LogP contribution in [-0.2, 0) is 11.2 Å². The molecule has 28 heavy (non-hydrogen) atoms. The van der Waals surface area contributed by atoms with Crippen molar-refractivity contribution in [2.45, 2.75) is 37.3 Å². The molecular weight excluding hydrogens is 346 g/mol. The molecule has 0 saturated carbocycles. The highest BCUT2D eigenvalue weighted by atomic mass is 16.1. The van der Waals surface area contributed by atoms with Crippen molar-refractivity contribution in [3.05, 3.63) is 90.3 Å². The molecule has 0 radical (unpaired) electrons. The molecule has 3 aromatic rings. The largest absolute Gasteiger partial charge is 0.315 e. The molecular formula is C24H25N3O. The van der Waals surface area contributed by atoms with Gasteiger partial charge in [-0.15, -0.1) is 0 Å². The zero-order valence-electron chi connectivity index (χ0n) is 15.9. The Hall–Kier alpha value is -2.98. The monoisotopic (exact) mass is 371 g/mol. The van der Waals surface area contributed by atoms with Gasteiger partial charge in [-0.2, -0.15) is 0 Å². The number of hydrogen-bond donors (Lipinski definition) is 1. The summed E-state index contributed by atoms with van der Waals surface area (Å²) < 4.78 is 0. The molecule has 1 aliphatic rings. The molecule has 0 fully saturated rings. The van der Waals surface area contributed by atoms with E-state index in [9.17, 15) is 4.79 Å². The molecule has 1 aromatic heterocycles. The third-order valence-electron chi connectivity index (χ3n) is 5.61. The summed E-state index contributed by atoms with van der Waals surface area (Å²) >= 11 is 0. The number of aldehydes is 1. The van der Waals surface area contributed by atoms with E-state index in [1.54, 1.807) is 12.4 Å². The van der Waals surface area contributed by atoms with E-state index in [2.05, 4.69) is 29.2 Å². The number of benzene rings is 2. The lowest BCUT2D eigenvalue weighted by molar-refractivity contribution is -0.112. The zero-order valence-corrected chi connectivity index (χ0v) is 15.9. The number of anilines is 2. The number of rotatable bonds is 6. The van der Waals surface area contributed by atoms with Crippen LogP contribution in [0.25, 0.3) is 0 Å². The number of carbonyl (C=O) groups excluding carboxylic acids is 1. The first kappa shape index (κ1) is 18.4. The predicted octanol–water partition coefficient (Wildman–Crippen LogP) is 4.58. The number of aromatic nitrogens is 1. The molecule has 1 aliphatic carbocycles. The normalized spacial score (nSPS) is 18.0. The lowest BCUT2D eigenvalue weighted by atomic mass is 9.78. The van der Waals surface area contributed by atoms with Gasteiger partial charge in [-0.3, -0.25) is 9.78 Å². The summed E-state index contributed by atoms with van der Waals surface area (Å²) in [7, 11) is 0. The van der Waals surface area contributed by atoms with E-state index in [0.29, 0.717) is 6.42 Å². The first-order valence-electron chi connectivity index (χ1n) is 9.79. The first-order valence-corrected chi connectivity index (χ1v) is 9.79. The molecule has 0 spiro atoms. The minimum absolute atomic E-state index is 0.253. The molecule has 2 unspecified atom stereocenters. The number of nitrogens with zero attached hydrogens (tertiary/aromatic N) is 2. The fourth-order valence-corrected chi connectivity index (χ4v) is 4.35. The molecule has 2 aromatic carbocycles. The molecule has 0 saturated heterocycles. The van der Waals surface area contributed by atoms with Crippen LogP contribution in [0.1, 0.15) is 36.3 Å². The van der Waals surface area contributed by atoms with E-state index in [1.807, 2.05) is 47.4 Å². The predicted molar refractivity (Wildman–Crippen MR) is 113 cm³/mol. The van der Waals surface area contributed by atoms with E-state index < -0.39 is 5.66 Å². The number of fused-ring (bicyclic) bond motifs is 1. The highest BCUT2D eigenvalue weighted by molar-refractivity contribution is 5.78. The summed E-state index contributed by atoms with van der Waals surface area (Å²) in [6, 6.07) is 22.2. The fraction of sp³-hybridized carbons (Fsp3) is 0.250. The summed E-state index contributed by atoms with van der Waals surface area (Å²) in [6.07, 6.45) is 8.18. The Morgan fingerprint density at radius 2 is 1.79 bits per heavy atom. The number of hydrogen-bond acceptors (Lipinski definition) is 4. The van der Waals surface area contributed by atoms with Crippen LogP contribution in [0.3, 0.4) is 0 Å². The Balaban J connectivity index is 1.75. The summed E-state index contributed by atoms with van der Waals surface area (Å²) in [5.74, 6) is 0.253. The standard InChI is InChI=1S/C24H25N3O/c25-24(18-28,16-20-10-6-9-19-8-4-5-14-23(19)20)27(21-11-2-1-3-12-21)22-13-7-15-26-17-22/h1-5,7-8,11-15,17-18,20H,6,9-10,16,25H2. The van der Waals surface area contributed by atoms with E-state index in [1.165, 1.54) is 11.1 Å². The van der Waals surface area contributed by atoms with Crippen molar-refractivity contribution in [2.75, 3.05) is 4.90 Å². The zero-order chi connectivity index (χ0) is 19.4. The van der Waals surface area contributed by atoms with Gasteiger partial charge in [0.05, 0.1) is 11.9 Å². The number of nitrogens with two attached hydrogens (primary N) is 1. The second-order valence-corrected chi connectivity index (χ2v) is 7.48. The average molecular weight is 371 g/mol. The summed E-state index contributed by atoms with van der Waals surface area (Å²) in [5, 5.41) is 0. The van der Waals surface area contributed by atoms with Crippen molar-refractivity contribution < 1.29 is 4.79 Å². The second-order valence-electron chi connectivity index (χ2n) is 7.48. The number of aryl methyl sites for hydroxylation is 1. The van der Waals surface area contributed by atoms with Crippen LogP contribution in [0, 0.1) is 0 Å². The van der Waals surface area contributed by atoms with Crippen molar-refractivity contribution in [1.82, 2.24) is 4.98 Å². The summed E-state index contributed by atoms with van der Waals surface area (Å²) in [5.41, 5.74) is 10.1. The number of para-hydroxylation sites is 1.